The second-order valence-corrected chi connectivity index (χ2v) is 5.88. The molecule has 1 aliphatic heterocycles. The van der Waals surface area contributed by atoms with Crippen molar-refractivity contribution in [2.24, 2.45) is 17.6 Å². The highest BCUT2D eigenvalue weighted by Gasteiger charge is 2.49. The standard InChI is InChI=1S/C14H24N2O3/c1-2-3-7-11(15)13(17)16-8-9-5-4-6-10(9)12(16)14(18)19/h9-12H,2-8,15H2,1H3,(H,18,19)/t9?,10?,11-,12?/m0/s1. The highest BCUT2D eigenvalue weighted by Crippen LogP contribution is 2.42. The van der Waals surface area contributed by atoms with Gasteiger partial charge in [0.1, 0.15) is 6.04 Å². The Morgan fingerprint density at radius 1 is 1.42 bits per heavy atom. The highest BCUT2D eigenvalue weighted by molar-refractivity contribution is 5.87. The van der Waals surface area contributed by atoms with E-state index in [4.69, 9.17) is 5.73 Å². The molecule has 2 rings (SSSR count). The Labute approximate surface area is 114 Å². The van der Waals surface area contributed by atoms with Crippen LogP contribution in [0.1, 0.15) is 45.4 Å². The van der Waals surface area contributed by atoms with Crippen LogP contribution in [-0.2, 0) is 9.59 Å². The molecule has 108 valence electrons. The largest absolute Gasteiger partial charge is 0.480 e. The number of amides is 1. The van der Waals surface area contributed by atoms with Crippen LogP contribution < -0.4 is 5.73 Å². The Morgan fingerprint density at radius 3 is 2.79 bits per heavy atom. The van der Waals surface area contributed by atoms with Crippen molar-refractivity contribution in [1.82, 2.24) is 4.90 Å². The van der Waals surface area contributed by atoms with Crippen molar-refractivity contribution >= 4 is 11.9 Å². The van der Waals surface area contributed by atoms with E-state index in [0.29, 0.717) is 18.9 Å². The third kappa shape index (κ3) is 2.76. The Balaban J connectivity index is 2.06. The molecule has 0 radical (unpaired) electrons. The van der Waals surface area contributed by atoms with E-state index >= 15 is 0 Å². The maximum absolute atomic E-state index is 12.3. The molecule has 1 saturated heterocycles. The number of likely N-dealkylation sites (tertiary alicyclic amines) is 1. The second kappa shape index (κ2) is 5.90. The summed E-state index contributed by atoms with van der Waals surface area (Å²) in [5.74, 6) is -0.538. The van der Waals surface area contributed by atoms with Crippen LogP contribution in [0, 0.1) is 11.8 Å². The van der Waals surface area contributed by atoms with Gasteiger partial charge in [-0.1, -0.05) is 26.2 Å². The number of fused-ring (bicyclic) bond motifs is 1. The van der Waals surface area contributed by atoms with Gasteiger partial charge in [0.25, 0.3) is 0 Å². The number of carboxylic acids is 1. The normalized spacial score (nSPS) is 31.3. The number of carboxylic acid groups (broad SMARTS) is 1. The third-order valence-corrected chi connectivity index (χ3v) is 4.61. The SMILES string of the molecule is CCCC[C@H](N)C(=O)N1CC2CCCC2C1C(=O)O. The molecule has 0 aromatic heterocycles. The van der Waals surface area contributed by atoms with Crippen molar-refractivity contribution < 1.29 is 14.7 Å². The topological polar surface area (TPSA) is 83.6 Å². The molecular formula is C14H24N2O3. The molecule has 4 atom stereocenters. The molecule has 3 N–H and O–H groups in total. The lowest BCUT2D eigenvalue weighted by Gasteiger charge is -2.27. The van der Waals surface area contributed by atoms with Crippen molar-refractivity contribution in [2.45, 2.75) is 57.5 Å². The van der Waals surface area contributed by atoms with E-state index in [1.165, 1.54) is 4.90 Å². The van der Waals surface area contributed by atoms with E-state index < -0.39 is 18.1 Å². The minimum absolute atomic E-state index is 0.139. The molecule has 5 nitrogen and oxygen atoms in total. The number of hydrogen-bond donors (Lipinski definition) is 2. The van der Waals surface area contributed by atoms with E-state index in [1.54, 1.807) is 0 Å². The van der Waals surface area contributed by atoms with Gasteiger partial charge in [-0.2, -0.15) is 0 Å². The van der Waals surface area contributed by atoms with Crippen LogP contribution in [0.15, 0.2) is 0 Å². The molecule has 1 heterocycles. The summed E-state index contributed by atoms with van der Waals surface area (Å²) in [7, 11) is 0. The zero-order valence-electron chi connectivity index (χ0n) is 11.5. The Hall–Kier alpha value is -1.10. The molecule has 5 heteroatoms. The monoisotopic (exact) mass is 268 g/mol. The number of unbranched alkanes of at least 4 members (excludes halogenated alkanes) is 1. The fourth-order valence-corrected chi connectivity index (χ4v) is 3.61. The molecule has 2 fully saturated rings. The Morgan fingerprint density at radius 2 is 2.16 bits per heavy atom. The lowest BCUT2D eigenvalue weighted by atomic mass is 9.94. The molecule has 1 saturated carbocycles. The van der Waals surface area contributed by atoms with Crippen molar-refractivity contribution in [2.75, 3.05) is 6.54 Å². The van der Waals surface area contributed by atoms with Crippen LogP contribution >= 0.6 is 0 Å². The van der Waals surface area contributed by atoms with Crippen molar-refractivity contribution in [1.29, 1.82) is 0 Å². The minimum atomic E-state index is -0.870. The zero-order chi connectivity index (χ0) is 14.0. The number of rotatable bonds is 5. The number of carbonyl (C=O) groups is 2. The van der Waals surface area contributed by atoms with Gasteiger partial charge in [-0.15, -0.1) is 0 Å². The van der Waals surface area contributed by atoms with Gasteiger partial charge >= 0.3 is 5.97 Å². The van der Waals surface area contributed by atoms with Gasteiger partial charge in [-0.25, -0.2) is 4.79 Å². The number of nitrogens with zero attached hydrogens (tertiary/aromatic N) is 1. The van der Waals surface area contributed by atoms with Crippen molar-refractivity contribution in [3.63, 3.8) is 0 Å². The average molecular weight is 268 g/mol. The van der Waals surface area contributed by atoms with Gasteiger partial charge in [-0.3, -0.25) is 4.79 Å². The summed E-state index contributed by atoms with van der Waals surface area (Å²) >= 11 is 0. The predicted molar refractivity (Wildman–Crippen MR) is 71.5 cm³/mol. The molecule has 19 heavy (non-hydrogen) atoms. The van der Waals surface area contributed by atoms with Crippen molar-refractivity contribution in [3.05, 3.63) is 0 Å². The number of nitrogens with two attached hydrogens (primary N) is 1. The van der Waals surface area contributed by atoms with Crippen LogP contribution in [0.5, 0.6) is 0 Å². The van der Waals surface area contributed by atoms with Crippen molar-refractivity contribution in [3.8, 4) is 0 Å². The van der Waals surface area contributed by atoms with E-state index in [0.717, 1.165) is 32.1 Å². The van der Waals surface area contributed by atoms with Gasteiger partial charge in [0, 0.05) is 6.54 Å². The van der Waals surface area contributed by atoms with Crippen LogP contribution in [0.4, 0.5) is 0 Å². The number of aliphatic carboxylic acids is 1. The van der Waals surface area contributed by atoms with Crippen LogP contribution in [0.3, 0.4) is 0 Å². The molecule has 0 bridgehead atoms. The van der Waals surface area contributed by atoms with Gasteiger partial charge in [0.05, 0.1) is 6.04 Å². The highest BCUT2D eigenvalue weighted by atomic mass is 16.4. The maximum atomic E-state index is 12.3. The predicted octanol–water partition coefficient (Wildman–Crippen LogP) is 1.22. The lowest BCUT2D eigenvalue weighted by molar-refractivity contribution is -0.150. The first-order chi connectivity index (χ1) is 9.06. The molecule has 0 aromatic rings. The van der Waals surface area contributed by atoms with Crippen LogP contribution in [-0.4, -0.2) is 40.5 Å². The third-order valence-electron chi connectivity index (χ3n) is 4.61. The fourth-order valence-electron chi connectivity index (χ4n) is 3.61. The Kier molecular flexibility index (Phi) is 4.45. The summed E-state index contributed by atoms with van der Waals surface area (Å²) in [4.78, 5) is 25.3. The molecule has 3 unspecified atom stereocenters. The van der Waals surface area contributed by atoms with Gasteiger partial charge in [-0.05, 0) is 31.1 Å². The summed E-state index contributed by atoms with van der Waals surface area (Å²) in [6.07, 6.45) is 5.61. The molecule has 1 amide bonds. The summed E-state index contributed by atoms with van der Waals surface area (Å²) in [5.41, 5.74) is 5.91. The summed E-state index contributed by atoms with van der Waals surface area (Å²) < 4.78 is 0. The summed E-state index contributed by atoms with van der Waals surface area (Å²) in [6, 6.07) is -1.19. The summed E-state index contributed by atoms with van der Waals surface area (Å²) in [5, 5.41) is 9.40. The Bertz CT molecular complexity index is 359. The van der Waals surface area contributed by atoms with Gasteiger partial charge < -0.3 is 15.7 Å². The lowest BCUT2D eigenvalue weighted by Crippen LogP contribution is -2.50. The summed E-state index contributed by atoms with van der Waals surface area (Å²) in [6.45, 7) is 2.64. The van der Waals surface area contributed by atoms with Crippen LogP contribution in [0.25, 0.3) is 0 Å². The minimum Gasteiger partial charge on any atom is -0.480 e. The van der Waals surface area contributed by atoms with E-state index in [-0.39, 0.29) is 11.8 Å². The molecule has 0 spiro atoms. The quantitative estimate of drug-likeness (QED) is 0.785. The molecule has 2 aliphatic rings. The van der Waals surface area contributed by atoms with E-state index in [1.807, 2.05) is 0 Å². The van der Waals surface area contributed by atoms with Gasteiger partial charge in [0.15, 0.2) is 0 Å². The van der Waals surface area contributed by atoms with Crippen LogP contribution in [0.2, 0.25) is 0 Å². The molecular weight excluding hydrogens is 244 g/mol. The van der Waals surface area contributed by atoms with E-state index in [9.17, 15) is 14.7 Å². The number of hydrogen-bond acceptors (Lipinski definition) is 3. The van der Waals surface area contributed by atoms with Gasteiger partial charge in [0.2, 0.25) is 5.91 Å². The zero-order valence-corrected chi connectivity index (χ0v) is 11.5. The van der Waals surface area contributed by atoms with E-state index in [2.05, 4.69) is 6.92 Å². The first-order valence-electron chi connectivity index (χ1n) is 7.35. The maximum Gasteiger partial charge on any atom is 0.326 e. The first-order valence-corrected chi connectivity index (χ1v) is 7.35. The molecule has 0 aromatic carbocycles. The fraction of sp³-hybridized carbons (Fsp3) is 0.857. The smallest absolute Gasteiger partial charge is 0.326 e. The number of carbonyl (C=O) groups excluding carboxylic acids is 1. The molecule has 1 aliphatic carbocycles. The average Bonchev–Trinajstić information content (AvgIpc) is 2.93. The second-order valence-electron chi connectivity index (χ2n) is 5.88. The first kappa shape index (κ1) is 14.3.